The van der Waals surface area contributed by atoms with Gasteiger partial charge in [-0.1, -0.05) is 22.9 Å². The molecule has 0 spiro atoms. The molecule has 0 radical (unpaired) electrons. The molecule has 0 saturated carbocycles. The van der Waals surface area contributed by atoms with Gasteiger partial charge in [0.2, 0.25) is 0 Å². The minimum atomic E-state index is -4.48. The van der Waals surface area contributed by atoms with Crippen LogP contribution in [-0.2, 0) is 14.6 Å². The van der Waals surface area contributed by atoms with Gasteiger partial charge in [-0.3, -0.25) is 18.5 Å². The molecule has 2 rings (SSSR count). The number of unbranched alkanes of at least 4 members (excludes halogenated alkanes) is 1. The van der Waals surface area contributed by atoms with Crippen LogP contribution in [0.15, 0.2) is 29.2 Å². The number of fused-ring (bicyclic) bond motifs is 1. The second-order valence-electron chi connectivity index (χ2n) is 4.38. The molecule has 1 aromatic carbocycles. The summed E-state index contributed by atoms with van der Waals surface area (Å²) < 4.78 is 54.5. The van der Waals surface area contributed by atoms with Crippen LogP contribution >= 0.6 is 10.8 Å². The SMILES string of the molecule is O=C1c2ccccc2S(O)(O)N1CCCCOS(=O)(=O)O.[H-].[K+]. The Kier molecular flexibility index (Phi) is 7.48. The normalized spacial score (nSPS) is 17.8. The van der Waals surface area contributed by atoms with Crippen molar-refractivity contribution in [1.82, 2.24) is 4.31 Å². The van der Waals surface area contributed by atoms with Gasteiger partial charge in [0.15, 0.2) is 0 Å². The van der Waals surface area contributed by atoms with Crippen LogP contribution in [0, 0.1) is 0 Å². The van der Waals surface area contributed by atoms with E-state index in [1.165, 1.54) is 12.1 Å². The molecule has 120 valence electrons. The maximum absolute atomic E-state index is 12.1. The van der Waals surface area contributed by atoms with Crippen molar-refractivity contribution >= 4 is 27.1 Å². The zero-order valence-corrected chi connectivity index (χ0v) is 16.6. The molecule has 1 aliphatic heterocycles. The average molecular weight is 377 g/mol. The second-order valence-corrected chi connectivity index (χ2v) is 7.39. The summed E-state index contributed by atoms with van der Waals surface area (Å²) in [5, 5.41) is 0. The molecule has 0 atom stereocenters. The van der Waals surface area contributed by atoms with Crippen molar-refractivity contribution in [3.05, 3.63) is 29.8 Å². The summed E-state index contributed by atoms with van der Waals surface area (Å²) in [5.74, 6) is -0.471. The minimum Gasteiger partial charge on any atom is -1.00 e. The smallest absolute Gasteiger partial charge is 1.00 e. The Morgan fingerprint density at radius 2 is 1.86 bits per heavy atom. The Hall–Kier alpha value is 0.466. The maximum Gasteiger partial charge on any atom is 1.00 e. The van der Waals surface area contributed by atoms with E-state index in [9.17, 15) is 22.3 Å². The fourth-order valence-electron chi connectivity index (χ4n) is 2.00. The number of hydrogen-bond acceptors (Lipinski definition) is 6. The van der Waals surface area contributed by atoms with E-state index < -0.39 is 27.1 Å². The number of amides is 1. The summed E-state index contributed by atoms with van der Waals surface area (Å²) in [6.07, 6.45) is 0.528. The largest absolute Gasteiger partial charge is 1.00 e. The second kappa shape index (κ2) is 8.03. The van der Waals surface area contributed by atoms with Crippen LogP contribution in [-0.4, -0.2) is 45.4 Å². The van der Waals surface area contributed by atoms with Crippen LogP contribution in [0.4, 0.5) is 0 Å². The van der Waals surface area contributed by atoms with Crippen LogP contribution < -0.4 is 51.4 Å². The fraction of sp³-hybridized carbons (Fsp3) is 0.364. The van der Waals surface area contributed by atoms with Gasteiger partial charge in [-0.2, -0.15) is 8.42 Å². The van der Waals surface area contributed by atoms with E-state index in [1.54, 1.807) is 12.1 Å². The topological polar surface area (TPSA) is 124 Å². The molecular formula is C11H16KNO7S2. The summed E-state index contributed by atoms with van der Waals surface area (Å²) in [6, 6.07) is 6.26. The molecule has 11 heteroatoms. The molecule has 22 heavy (non-hydrogen) atoms. The first kappa shape index (κ1) is 20.5. The van der Waals surface area contributed by atoms with Gasteiger partial charge in [0.25, 0.3) is 5.91 Å². The molecule has 0 saturated heterocycles. The summed E-state index contributed by atoms with van der Waals surface area (Å²) in [5.41, 5.74) is 0.256. The van der Waals surface area contributed by atoms with Crippen molar-refractivity contribution in [1.29, 1.82) is 0 Å². The first-order chi connectivity index (χ1) is 9.73. The summed E-state index contributed by atoms with van der Waals surface area (Å²) in [4.78, 5) is 12.3. The number of hydrogen-bond donors (Lipinski definition) is 3. The molecule has 0 fully saturated rings. The molecule has 1 aromatic rings. The zero-order valence-electron chi connectivity index (χ0n) is 12.9. The minimum absolute atomic E-state index is 0. The molecule has 0 aliphatic carbocycles. The molecule has 0 bridgehead atoms. The Morgan fingerprint density at radius 1 is 1.23 bits per heavy atom. The Balaban J connectivity index is 0.00000242. The van der Waals surface area contributed by atoms with E-state index in [1.807, 2.05) is 0 Å². The molecule has 1 heterocycles. The monoisotopic (exact) mass is 377 g/mol. The standard InChI is InChI=1S/C11H15NO7S2.K.H/c13-11-9-5-1-2-6-10(9)20(14,15)12(11)7-3-4-8-19-21(16,17)18;;/h1-2,5-6,14-15H,3-4,7-8H2,(H,16,17,18);;/q;+1;-1. The molecule has 0 unspecified atom stereocenters. The van der Waals surface area contributed by atoms with E-state index in [0.29, 0.717) is 6.42 Å². The van der Waals surface area contributed by atoms with Gasteiger partial charge in [-0.15, -0.1) is 0 Å². The number of rotatable bonds is 6. The van der Waals surface area contributed by atoms with Crippen molar-refractivity contribution in [2.24, 2.45) is 0 Å². The molecule has 1 amide bonds. The third-order valence-electron chi connectivity index (χ3n) is 2.93. The van der Waals surface area contributed by atoms with Crippen LogP contribution in [0.2, 0.25) is 0 Å². The fourth-order valence-corrected chi connectivity index (χ4v) is 3.99. The summed E-state index contributed by atoms with van der Waals surface area (Å²) in [7, 11) is -7.81. The first-order valence-electron chi connectivity index (χ1n) is 6.04. The van der Waals surface area contributed by atoms with Gasteiger partial charge in [0.1, 0.15) is 0 Å². The van der Waals surface area contributed by atoms with E-state index in [0.717, 1.165) is 4.31 Å². The third-order valence-corrected chi connectivity index (χ3v) is 5.31. The van der Waals surface area contributed by atoms with Crippen LogP contribution in [0.5, 0.6) is 0 Å². The molecule has 1 aliphatic rings. The van der Waals surface area contributed by atoms with E-state index >= 15 is 0 Å². The van der Waals surface area contributed by atoms with Crippen molar-refractivity contribution in [2.45, 2.75) is 17.7 Å². The van der Waals surface area contributed by atoms with E-state index in [2.05, 4.69) is 4.18 Å². The molecule has 0 aromatic heterocycles. The number of benzene rings is 1. The van der Waals surface area contributed by atoms with Gasteiger partial charge >= 0.3 is 61.8 Å². The van der Waals surface area contributed by atoms with Crippen LogP contribution in [0.1, 0.15) is 24.6 Å². The average Bonchev–Trinajstić information content (AvgIpc) is 2.58. The summed E-state index contributed by atoms with van der Waals surface area (Å²) in [6.45, 7) is -0.197. The molecular weight excluding hydrogens is 361 g/mol. The van der Waals surface area contributed by atoms with E-state index in [-0.39, 0.29) is 82.8 Å². The summed E-state index contributed by atoms with van der Waals surface area (Å²) >= 11 is 0. The van der Waals surface area contributed by atoms with E-state index in [4.69, 9.17) is 4.55 Å². The molecule has 8 nitrogen and oxygen atoms in total. The van der Waals surface area contributed by atoms with Crippen LogP contribution in [0.3, 0.4) is 0 Å². The Morgan fingerprint density at radius 3 is 2.45 bits per heavy atom. The van der Waals surface area contributed by atoms with Crippen molar-refractivity contribution in [2.75, 3.05) is 13.2 Å². The van der Waals surface area contributed by atoms with Crippen LogP contribution in [0.25, 0.3) is 0 Å². The Labute approximate surface area is 174 Å². The predicted molar refractivity (Wildman–Crippen MR) is 76.4 cm³/mol. The number of nitrogens with zero attached hydrogens (tertiary/aromatic N) is 1. The number of carbonyl (C=O) groups is 1. The quantitative estimate of drug-likeness (QED) is 0.326. The first-order valence-corrected chi connectivity index (χ1v) is 8.91. The van der Waals surface area contributed by atoms with Gasteiger partial charge in [0.05, 0.1) is 17.1 Å². The van der Waals surface area contributed by atoms with Gasteiger partial charge in [-0.05, 0) is 25.0 Å². The maximum atomic E-state index is 12.1. The van der Waals surface area contributed by atoms with Gasteiger partial charge in [-0.25, -0.2) is 8.49 Å². The van der Waals surface area contributed by atoms with Crippen molar-refractivity contribution in [3.63, 3.8) is 0 Å². The molecule has 3 N–H and O–H groups in total. The van der Waals surface area contributed by atoms with Crippen molar-refractivity contribution < 1.29 is 83.9 Å². The van der Waals surface area contributed by atoms with Crippen molar-refractivity contribution in [3.8, 4) is 0 Å². The van der Waals surface area contributed by atoms with Gasteiger partial charge < -0.3 is 1.43 Å². The zero-order chi connectivity index (χ0) is 15.7. The van der Waals surface area contributed by atoms with Gasteiger partial charge in [0, 0.05) is 6.54 Å². The Bertz CT molecular complexity index is 656. The third kappa shape index (κ3) is 4.74. The number of carbonyl (C=O) groups excluding carboxylic acids is 1. The predicted octanol–water partition coefficient (Wildman–Crippen LogP) is -1.12.